The van der Waals surface area contributed by atoms with E-state index in [1.165, 1.54) is 6.21 Å². The zero-order valence-electron chi connectivity index (χ0n) is 19.6. The number of hydrazone groups is 1. The number of sulfonamides is 1. The molecular weight excluding hydrogens is 570 g/mol. The van der Waals surface area contributed by atoms with Crippen LogP contribution in [0.1, 0.15) is 18.1 Å². The highest BCUT2D eigenvalue weighted by Crippen LogP contribution is 2.29. The zero-order valence-corrected chi connectivity index (χ0v) is 22.8. The third kappa shape index (κ3) is 7.97. The van der Waals surface area contributed by atoms with Gasteiger partial charge in [0.2, 0.25) is 10.0 Å². The van der Waals surface area contributed by atoms with E-state index in [9.17, 15) is 13.2 Å². The lowest BCUT2D eigenvalue weighted by Gasteiger charge is -2.22. The number of carbonyl (C=O) groups is 1. The lowest BCUT2D eigenvalue weighted by Crippen LogP contribution is -2.39. The number of anilines is 1. The van der Waals surface area contributed by atoms with Gasteiger partial charge >= 0.3 is 0 Å². The SMILES string of the molecule is CCOc1cc(/C=N\NC(=O)CN(c2ccccc2Br)S(C)(=O)=O)ccc1OCc1ccc(Cl)cc1. The van der Waals surface area contributed by atoms with Crippen molar-refractivity contribution in [1.29, 1.82) is 0 Å². The molecule has 11 heteroatoms. The van der Waals surface area contributed by atoms with Crippen LogP contribution in [0.25, 0.3) is 0 Å². The van der Waals surface area contributed by atoms with Gasteiger partial charge in [0.15, 0.2) is 11.5 Å². The molecule has 1 N–H and O–H groups in total. The van der Waals surface area contributed by atoms with Gasteiger partial charge in [0.1, 0.15) is 13.2 Å². The molecule has 3 rings (SSSR count). The third-order valence-electron chi connectivity index (χ3n) is 4.79. The van der Waals surface area contributed by atoms with Crippen molar-refractivity contribution < 1.29 is 22.7 Å². The molecule has 0 atom stereocenters. The molecule has 0 aliphatic rings. The maximum atomic E-state index is 12.4. The molecule has 8 nitrogen and oxygen atoms in total. The lowest BCUT2D eigenvalue weighted by atomic mass is 10.2. The predicted molar refractivity (Wildman–Crippen MR) is 145 cm³/mol. The number of hydrogen-bond donors (Lipinski definition) is 1. The summed E-state index contributed by atoms with van der Waals surface area (Å²) in [4.78, 5) is 12.4. The minimum atomic E-state index is -3.70. The summed E-state index contributed by atoms with van der Waals surface area (Å²) < 4.78 is 37.7. The molecule has 0 saturated carbocycles. The molecule has 0 aromatic heterocycles. The first-order valence-corrected chi connectivity index (χ1v) is 13.9. The van der Waals surface area contributed by atoms with Gasteiger partial charge in [-0.3, -0.25) is 9.10 Å². The Morgan fingerprint density at radius 2 is 1.81 bits per heavy atom. The van der Waals surface area contributed by atoms with Crippen molar-refractivity contribution in [3.05, 3.63) is 87.4 Å². The van der Waals surface area contributed by atoms with Crippen LogP contribution in [0.2, 0.25) is 5.02 Å². The first kappa shape index (κ1) is 27.5. The highest BCUT2D eigenvalue weighted by Gasteiger charge is 2.22. The van der Waals surface area contributed by atoms with Gasteiger partial charge in [-0.1, -0.05) is 35.9 Å². The summed E-state index contributed by atoms with van der Waals surface area (Å²) in [6.45, 7) is 2.21. The number of ether oxygens (including phenoxy) is 2. The maximum Gasteiger partial charge on any atom is 0.260 e. The molecule has 0 fully saturated rings. The van der Waals surface area contributed by atoms with E-state index < -0.39 is 22.5 Å². The highest BCUT2D eigenvalue weighted by atomic mass is 79.9. The number of hydrogen-bond acceptors (Lipinski definition) is 6. The van der Waals surface area contributed by atoms with Crippen LogP contribution in [0, 0.1) is 0 Å². The molecule has 0 aliphatic carbocycles. The molecule has 0 heterocycles. The fourth-order valence-electron chi connectivity index (χ4n) is 3.11. The number of nitrogens with zero attached hydrogens (tertiary/aromatic N) is 2. The molecule has 0 aliphatic heterocycles. The van der Waals surface area contributed by atoms with E-state index in [0.29, 0.717) is 45.5 Å². The second-order valence-electron chi connectivity index (χ2n) is 7.57. The molecule has 3 aromatic carbocycles. The molecule has 0 spiro atoms. The lowest BCUT2D eigenvalue weighted by molar-refractivity contribution is -0.119. The smallest absolute Gasteiger partial charge is 0.260 e. The van der Waals surface area contributed by atoms with Crippen LogP contribution < -0.4 is 19.2 Å². The van der Waals surface area contributed by atoms with Crippen molar-refractivity contribution in [2.45, 2.75) is 13.5 Å². The summed E-state index contributed by atoms with van der Waals surface area (Å²) in [6.07, 6.45) is 2.47. The number of nitrogens with one attached hydrogen (secondary N) is 1. The summed E-state index contributed by atoms with van der Waals surface area (Å²) in [7, 11) is -3.70. The Morgan fingerprint density at radius 1 is 1.08 bits per heavy atom. The van der Waals surface area contributed by atoms with Crippen LogP contribution in [-0.4, -0.2) is 39.9 Å². The Bertz CT molecular complexity index is 1330. The van der Waals surface area contributed by atoms with Gasteiger partial charge in [-0.25, -0.2) is 13.8 Å². The van der Waals surface area contributed by atoms with Crippen LogP contribution in [0.4, 0.5) is 5.69 Å². The Kier molecular flexibility index (Phi) is 9.74. The normalized spacial score (nSPS) is 11.3. The number of rotatable bonds is 11. The van der Waals surface area contributed by atoms with Crippen LogP contribution in [0.3, 0.4) is 0 Å². The summed E-state index contributed by atoms with van der Waals surface area (Å²) in [5.74, 6) is 0.490. The molecule has 190 valence electrons. The number of halogens is 2. The molecule has 0 radical (unpaired) electrons. The molecule has 0 saturated heterocycles. The first-order chi connectivity index (χ1) is 17.2. The zero-order chi connectivity index (χ0) is 26.1. The monoisotopic (exact) mass is 593 g/mol. The number of amides is 1. The van der Waals surface area contributed by atoms with Crippen LogP contribution in [0.15, 0.2) is 76.3 Å². The summed E-state index contributed by atoms with van der Waals surface area (Å²) in [5, 5.41) is 4.61. The second kappa shape index (κ2) is 12.8. The van der Waals surface area contributed by atoms with E-state index in [4.69, 9.17) is 21.1 Å². The minimum absolute atomic E-state index is 0.342. The molecule has 3 aromatic rings. The molecule has 0 unspecified atom stereocenters. The average molecular weight is 595 g/mol. The van der Waals surface area contributed by atoms with E-state index in [2.05, 4.69) is 26.5 Å². The largest absolute Gasteiger partial charge is 0.490 e. The Morgan fingerprint density at radius 3 is 2.47 bits per heavy atom. The number of para-hydroxylation sites is 1. The topological polar surface area (TPSA) is 97.3 Å². The van der Waals surface area contributed by atoms with Crippen molar-refractivity contribution in [2.75, 3.05) is 23.7 Å². The summed E-state index contributed by atoms with van der Waals surface area (Å²) in [6, 6.07) is 19.4. The van der Waals surface area contributed by atoms with Crippen molar-refractivity contribution in [3.8, 4) is 11.5 Å². The Labute approximate surface area is 224 Å². The maximum absolute atomic E-state index is 12.4. The van der Waals surface area contributed by atoms with E-state index >= 15 is 0 Å². The van der Waals surface area contributed by atoms with Gasteiger partial charge in [-0.15, -0.1) is 0 Å². The van der Waals surface area contributed by atoms with Crippen LogP contribution >= 0.6 is 27.5 Å². The number of benzene rings is 3. The van der Waals surface area contributed by atoms with E-state index in [0.717, 1.165) is 16.1 Å². The standard InChI is InChI=1S/C25H25BrClN3O5S/c1-3-34-24-14-19(10-13-23(24)35-17-18-8-11-20(27)12-9-18)15-28-29-25(31)16-30(36(2,32)33)22-7-5-4-6-21(22)26/h4-15H,3,16-17H2,1-2H3,(H,29,31)/b28-15-. The highest BCUT2D eigenvalue weighted by molar-refractivity contribution is 9.10. The number of carbonyl (C=O) groups excluding carboxylic acids is 1. The van der Waals surface area contributed by atoms with Gasteiger partial charge in [0.05, 0.1) is 24.8 Å². The van der Waals surface area contributed by atoms with Crippen LogP contribution in [0.5, 0.6) is 11.5 Å². The predicted octanol–water partition coefficient (Wildman–Crippen LogP) is 5.00. The van der Waals surface area contributed by atoms with Crippen LogP contribution in [-0.2, 0) is 21.4 Å². The van der Waals surface area contributed by atoms with Gasteiger partial charge in [-0.2, -0.15) is 5.10 Å². The van der Waals surface area contributed by atoms with Crippen molar-refractivity contribution in [2.24, 2.45) is 5.10 Å². The molecule has 1 amide bonds. The van der Waals surface area contributed by atoms with Gasteiger partial charge in [0, 0.05) is 9.50 Å². The average Bonchev–Trinajstić information content (AvgIpc) is 2.83. The first-order valence-electron chi connectivity index (χ1n) is 10.9. The van der Waals surface area contributed by atoms with Gasteiger partial charge < -0.3 is 9.47 Å². The Balaban J connectivity index is 1.65. The quantitative estimate of drug-likeness (QED) is 0.249. The van der Waals surface area contributed by atoms with Gasteiger partial charge in [0.25, 0.3) is 5.91 Å². The van der Waals surface area contributed by atoms with E-state index in [-0.39, 0.29) is 0 Å². The third-order valence-corrected chi connectivity index (χ3v) is 6.84. The van der Waals surface area contributed by atoms with Crippen molar-refractivity contribution in [1.82, 2.24) is 5.43 Å². The molecule has 0 bridgehead atoms. The Hall–Kier alpha value is -3.08. The second-order valence-corrected chi connectivity index (χ2v) is 10.8. The molecule has 36 heavy (non-hydrogen) atoms. The van der Waals surface area contributed by atoms with Crippen molar-refractivity contribution in [3.63, 3.8) is 0 Å². The van der Waals surface area contributed by atoms with Gasteiger partial charge in [-0.05, 0) is 76.4 Å². The summed E-state index contributed by atoms with van der Waals surface area (Å²) in [5.41, 5.74) is 4.34. The van der Waals surface area contributed by atoms with E-state index in [1.54, 1.807) is 54.6 Å². The fourth-order valence-corrected chi connectivity index (χ4v) is 4.72. The summed E-state index contributed by atoms with van der Waals surface area (Å²) >= 11 is 9.24. The fraction of sp³-hybridized carbons (Fsp3) is 0.200. The van der Waals surface area contributed by atoms with E-state index in [1.807, 2.05) is 19.1 Å². The van der Waals surface area contributed by atoms with Crippen molar-refractivity contribution >= 4 is 55.4 Å². The minimum Gasteiger partial charge on any atom is -0.490 e. The molecular formula is C25H25BrClN3O5S.